The van der Waals surface area contributed by atoms with E-state index in [1.165, 1.54) is 0 Å². The first-order chi connectivity index (χ1) is 19.4. The number of nitrogens with zero attached hydrogens (tertiary/aromatic N) is 3. The van der Waals surface area contributed by atoms with Crippen LogP contribution in [0.15, 0.2) is 65.5 Å². The Bertz CT molecular complexity index is 1580. The van der Waals surface area contributed by atoms with Gasteiger partial charge in [-0.25, -0.2) is 0 Å². The van der Waals surface area contributed by atoms with Gasteiger partial charge in [0.05, 0.1) is 24.0 Å². The van der Waals surface area contributed by atoms with Crippen LogP contribution in [-0.4, -0.2) is 40.9 Å². The molecule has 0 aliphatic carbocycles. The molecular formula is C31H33N5O3S. The van der Waals surface area contributed by atoms with E-state index in [1.807, 2.05) is 53.2 Å². The van der Waals surface area contributed by atoms with Crippen LogP contribution in [0.4, 0.5) is 11.4 Å². The highest BCUT2D eigenvalue weighted by atomic mass is 32.1. The molecule has 4 aromatic rings. The Morgan fingerprint density at radius 1 is 1.15 bits per heavy atom. The minimum Gasteiger partial charge on any atom is -0.347 e. The topological polar surface area (TPSA) is 101 Å². The number of nitrogens with two attached hydrogens (primary N) is 1. The Balaban J connectivity index is 1.26. The molecule has 2 atom stereocenters. The Hall–Kier alpha value is -3.95. The molecular weight excluding hydrogens is 522 g/mol. The summed E-state index contributed by atoms with van der Waals surface area (Å²) in [7, 11) is 0. The number of carbonyl (C=O) groups is 3. The van der Waals surface area contributed by atoms with Gasteiger partial charge in [0, 0.05) is 43.0 Å². The van der Waals surface area contributed by atoms with Crippen molar-refractivity contribution in [3.63, 3.8) is 0 Å². The second-order valence-electron chi connectivity index (χ2n) is 10.5. The molecule has 2 aliphatic rings. The lowest BCUT2D eigenvalue weighted by molar-refractivity contribution is -0.128. The molecule has 1 saturated heterocycles. The van der Waals surface area contributed by atoms with Crippen molar-refractivity contribution in [2.45, 2.75) is 57.8 Å². The van der Waals surface area contributed by atoms with Crippen molar-refractivity contribution in [2.24, 2.45) is 5.73 Å². The highest BCUT2D eigenvalue weighted by molar-refractivity contribution is 7.07. The summed E-state index contributed by atoms with van der Waals surface area (Å²) >= 11 is 1.57. The molecule has 0 radical (unpaired) electrons. The van der Waals surface area contributed by atoms with Crippen LogP contribution in [0, 0.1) is 0 Å². The maximum Gasteiger partial charge on any atom is 0.250 e. The predicted octanol–water partition coefficient (Wildman–Crippen LogP) is 3.99. The van der Waals surface area contributed by atoms with Gasteiger partial charge in [-0.05, 0) is 65.4 Å². The van der Waals surface area contributed by atoms with Crippen molar-refractivity contribution in [3.8, 4) is 0 Å². The highest BCUT2D eigenvalue weighted by Crippen LogP contribution is 2.40. The standard InChI is InChI=1S/C31H33N5O3S/c1-2-34-18-22(23-8-3-4-9-26(23)34)15-24(32)30(38)33-25-16-21-7-5-10-27(35-13-6-11-28(35)37)29(21)36(31(25)39)17-20-12-14-40-19-20/h3-5,7-10,12,14,18-19,24-25H,2,6,11,13,15-17,32H2,1H3,(H,33,38). The summed E-state index contributed by atoms with van der Waals surface area (Å²) in [5.41, 5.74) is 12.0. The lowest BCUT2D eigenvalue weighted by atomic mass is 9.94. The van der Waals surface area contributed by atoms with Crippen LogP contribution in [-0.2, 0) is 40.3 Å². The summed E-state index contributed by atoms with van der Waals surface area (Å²) in [6.45, 7) is 3.91. The fraction of sp³-hybridized carbons (Fsp3) is 0.323. The molecule has 0 saturated carbocycles. The number of anilines is 2. The van der Waals surface area contributed by atoms with Gasteiger partial charge in [0.25, 0.3) is 0 Å². The molecule has 40 heavy (non-hydrogen) atoms. The third-order valence-corrected chi connectivity index (χ3v) is 8.68. The SMILES string of the molecule is CCn1cc(CC(N)C(=O)NC2Cc3cccc(N4CCCC4=O)c3N(Cc3ccsc3)C2=O)c2ccccc21. The van der Waals surface area contributed by atoms with Crippen LogP contribution in [0.5, 0.6) is 0 Å². The number of carbonyl (C=O) groups excluding carboxylic acids is 3. The zero-order valence-electron chi connectivity index (χ0n) is 22.5. The van der Waals surface area contributed by atoms with Gasteiger partial charge >= 0.3 is 0 Å². The van der Waals surface area contributed by atoms with E-state index in [9.17, 15) is 14.4 Å². The van der Waals surface area contributed by atoms with Crippen molar-refractivity contribution >= 4 is 51.3 Å². The van der Waals surface area contributed by atoms with Gasteiger partial charge in [-0.2, -0.15) is 11.3 Å². The molecule has 6 rings (SSSR count). The fourth-order valence-electron chi connectivity index (χ4n) is 5.97. The van der Waals surface area contributed by atoms with E-state index in [2.05, 4.69) is 29.1 Å². The summed E-state index contributed by atoms with van der Waals surface area (Å²) in [6.07, 6.45) is 4.09. The third kappa shape index (κ3) is 4.80. The normalized spacial score (nSPS) is 17.9. The second-order valence-corrected chi connectivity index (χ2v) is 11.3. The number of hydrogen-bond acceptors (Lipinski definition) is 5. The lowest BCUT2D eigenvalue weighted by Crippen LogP contribution is -2.56. The van der Waals surface area contributed by atoms with Gasteiger partial charge in [-0.3, -0.25) is 14.4 Å². The molecule has 3 N–H and O–H groups in total. The number of fused-ring (bicyclic) bond motifs is 2. The van der Waals surface area contributed by atoms with Crippen LogP contribution < -0.4 is 20.9 Å². The van der Waals surface area contributed by atoms with Crippen LogP contribution in [0.2, 0.25) is 0 Å². The molecule has 1 fully saturated rings. The number of aryl methyl sites for hydroxylation is 1. The Morgan fingerprint density at radius 2 is 2.00 bits per heavy atom. The average Bonchev–Trinajstić information content (AvgIpc) is 3.71. The smallest absolute Gasteiger partial charge is 0.250 e. The zero-order chi connectivity index (χ0) is 27.8. The molecule has 2 aromatic carbocycles. The number of rotatable bonds is 8. The number of thiophene rings is 1. The van der Waals surface area contributed by atoms with Gasteiger partial charge in [0.2, 0.25) is 17.7 Å². The van der Waals surface area contributed by atoms with Crippen LogP contribution in [0.25, 0.3) is 10.9 Å². The molecule has 9 heteroatoms. The molecule has 2 unspecified atom stereocenters. The van der Waals surface area contributed by atoms with Crippen molar-refractivity contribution < 1.29 is 14.4 Å². The van der Waals surface area contributed by atoms with E-state index in [0.717, 1.165) is 51.9 Å². The maximum absolute atomic E-state index is 14.0. The van der Waals surface area contributed by atoms with E-state index >= 15 is 0 Å². The first-order valence-electron chi connectivity index (χ1n) is 13.8. The Labute approximate surface area is 237 Å². The van der Waals surface area contributed by atoms with Crippen LogP contribution in [0.1, 0.15) is 36.5 Å². The summed E-state index contributed by atoms with van der Waals surface area (Å²) in [6, 6.07) is 14.4. The van der Waals surface area contributed by atoms with Crippen molar-refractivity contribution in [3.05, 3.63) is 82.2 Å². The van der Waals surface area contributed by atoms with Gasteiger partial charge in [0.1, 0.15) is 6.04 Å². The molecule has 8 nitrogen and oxygen atoms in total. The monoisotopic (exact) mass is 555 g/mol. The average molecular weight is 556 g/mol. The largest absolute Gasteiger partial charge is 0.347 e. The molecule has 2 aromatic heterocycles. The predicted molar refractivity (Wildman–Crippen MR) is 158 cm³/mol. The summed E-state index contributed by atoms with van der Waals surface area (Å²) in [5.74, 6) is -0.473. The molecule has 3 amide bonds. The quantitative estimate of drug-likeness (QED) is 0.343. The van der Waals surface area contributed by atoms with E-state index in [-0.39, 0.29) is 17.7 Å². The van der Waals surface area contributed by atoms with Gasteiger partial charge in [0.15, 0.2) is 0 Å². The van der Waals surface area contributed by atoms with Gasteiger partial charge in [-0.15, -0.1) is 0 Å². The van der Waals surface area contributed by atoms with E-state index in [0.29, 0.717) is 32.4 Å². The second kappa shape index (κ2) is 10.9. The molecule has 4 heterocycles. The first-order valence-corrected chi connectivity index (χ1v) is 14.8. The number of benzene rings is 2. The van der Waals surface area contributed by atoms with Gasteiger partial charge in [-0.1, -0.05) is 30.3 Å². The highest BCUT2D eigenvalue weighted by Gasteiger charge is 2.38. The number of amides is 3. The molecule has 0 spiro atoms. The van der Waals surface area contributed by atoms with Crippen molar-refractivity contribution in [1.82, 2.24) is 9.88 Å². The number of para-hydroxylation sites is 2. The van der Waals surface area contributed by atoms with Crippen molar-refractivity contribution in [1.29, 1.82) is 0 Å². The zero-order valence-corrected chi connectivity index (χ0v) is 23.3. The van der Waals surface area contributed by atoms with Crippen molar-refractivity contribution in [2.75, 3.05) is 16.3 Å². The number of hydrogen-bond donors (Lipinski definition) is 2. The van der Waals surface area contributed by atoms with E-state index in [4.69, 9.17) is 5.73 Å². The van der Waals surface area contributed by atoms with E-state index < -0.39 is 12.1 Å². The minimum atomic E-state index is -0.802. The van der Waals surface area contributed by atoms with Crippen LogP contribution in [0.3, 0.4) is 0 Å². The molecule has 206 valence electrons. The van der Waals surface area contributed by atoms with Gasteiger partial charge < -0.3 is 25.4 Å². The minimum absolute atomic E-state index is 0.0714. The fourth-order valence-corrected chi connectivity index (χ4v) is 6.63. The first kappa shape index (κ1) is 26.3. The number of aromatic nitrogens is 1. The Morgan fingerprint density at radius 3 is 2.75 bits per heavy atom. The lowest BCUT2D eigenvalue weighted by Gasteiger charge is -2.37. The Kier molecular flexibility index (Phi) is 7.16. The molecule has 2 aliphatic heterocycles. The third-order valence-electron chi connectivity index (χ3n) is 7.95. The van der Waals surface area contributed by atoms with E-state index in [1.54, 1.807) is 21.1 Å². The maximum atomic E-state index is 14.0. The summed E-state index contributed by atoms with van der Waals surface area (Å²) < 4.78 is 2.15. The summed E-state index contributed by atoms with van der Waals surface area (Å²) in [5, 5.41) is 8.05. The number of nitrogens with one attached hydrogen (secondary N) is 1. The van der Waals surface area contributed by atoms with Crippen LogP contribution >= 0.6 is 11.3 Å². The summed E-state index contributed by atoms with van der Waals surface area (Å²) in [4.78, 5) is 43.5. The molecule has 0 bridgehead atoms.